The van der Waals surface area contributed by atoms with E-state index in [9.17, 15) is 0 Å². The van der Waals surface area contributed by atoms with Gasteiger partial charge in [0, 0.05) is 6.04 Å². The topological polar surface area (TPSA) is 3.24 Å². The fraction of sp³-hybridized carbons (Fsp3) is 0.769. The van der Waals surface area contributed by atoms with E-state index in [2.05, 4.69) is 49.3 Å². The summed E-state index contributed by atoms with van der Waals surface area (Å²) >= 11 is 0. The molecule has 0 N–H and O–H groups in total. The number of rotatable bonds is 6. The monoisotopic (exact) mass is 399 g/mol. The molecule has 0 aromatic heterocycles. The summed E-state index contributed by atoms with van der Waals surface area (Å²) < 4.78 is 0. The highest BCUT2D eigenvalue weighted by Crippen LogP contribution is 2.65. The van der Waals surface area contributed by atoms with Crippen LogP contribution in [0.5, 0.6) is 0 Å². The Balaban J connectivity index is 1.62. The molecule has 0 saturated heterocycles. The summed E-state index contributed by atoms with van der Waals surface area (Å²) in [6, 6.07) is 12.1. The van der Waals surface area contributed by atoms with Crippen LogP contribution in [0.2, 0.25) is 0 Å². The summed E-state index contributed by atoms with van der Waals surface area (Å²) in [6.07, 6.45) is 19.8. The van der Waals surface area contributed by atoms with Gasteiger partial charge in [-0.25, -0.2) is 0 Å². The summed E-state index contributed by atoms with van der Waals surface area (Å²) in [5.74, 6) is 0.882. The molecule has 3 unspecified atom stereocenters. The second-order valence-electron chi connectivity index (χ2n) is 10.0. The van der Waals surface area contributed by atoms with E-state index < -0.39 is 0 Å². The quantitative estimate of drug-likeness (QED) is 0.445. The Morgan fingerprint density at radius 2 is 1.29 bits per heavy atom. The Morgan fingerprint density at radius 1 is 0.714 bits per heavy atom. The molecule has 1 nitrogen and oxygen atoms in total. The van der Waals surface area contributed by atoms with Gasteiger partial charge in [-0.15, -0.1) is 0 Å². The Bertz CT molecular complexity index is 555. The summed E-state index contributed by atoms with van der Waals surface area (Å²) in [5.41, 5.74) is 4.77. The number of hydrogen-bond donors (Lipinski definition) is 0. The average molecular weight is 400 g/mol. The number of hydrogen-bond acceptors (Lipinski definition) is 1. The van der Waals surface area contributed by atoms with Crippen molar-refractivity contribution >= 4 is 7.92 Å². The van der Waals surface area contributed by atoms with E-state index >= 15 is 0 Å². The van der Waals surface area contributed by atoms with Gasteiger partial charge in [-0.3, -0.25) is 0 Å². The van der Waals surface area contributed by atoms with Crippen LogP contribution in [-0.4, -0.2) is 36.0 Å². The van der Waals surface area contributed by atoms with Gasteiger partial charge in [-0.2, -0.15) is 0 Å². The van der Waals surface area contributed by atoms with Crippen LogP contribution >= 0.6 is 7.92 Å². The van der Waals surface area contributed by atoms with Gasteiger partial charge >= 0.3 is 0 Å². The Morgan fingerprint density at radius 3 is 1.82 bits per heavy atom. The molecule has 3 aliphatic carbocycles. The molecule has 3 fully saturated rings. The SMILES string of the molecule is CN(C)C(c1ccccc1)C1CCCC1P(C1CCCCC1)C1CCCCC1. The smallest absolute Gasteiger partial charge is 0.0376 e. The van der Waals surface area contributed by atoms with Crippen LogP contribution < -0.4 is 0 Å². The predicted octanol–water partition coefficient (Wildman–Crippen LogP) is 7.61. The second-order valence-corrected chi connectivity index (χ2v) is 13.0. The molecule has 3 aliphatic rings. The molecular weight excluding hydrogens is 357 g/mol. The van der Waals surface area contributed by atoms with Crippen molar-refractivity contribution in [3.05, 3.63) is 35.9 Å². The highest BCUT2D eigenvalue weighted by Gasteiger charge is 2.44. The third kappa shape index (κ3) is 4.67. The Hall–Kier alpha value is -0.390. The average Bonchev–Trinajstić information content (AvgIpc) is 3.19. The molecule has 1 aromatic rings. The highest BCUT2D eigenvalue weighted by atomic mass is 31.1. The molecule has 0 amide bonds. The van der Waals surface area contributed by atoms with E-state index in [-0.39, 0.29) is 7.92 Å². The lowest BCUT2D eigenvalue weighted by molar-refractivity contribution is 0.215. The zero-order valence-electron chi connectivity index (χ0n) is 18.4. The third-order valence-electron chi connectivity index (χ3n) is 8.01. The standard InChI is InChI=1S/C26H42NP/c1-27(2)26(21-13-6-3-7-14-21)24-19-12-20-25(24)28(22-15-8-4-9-16-22)23-17-10-5-11-18-23/h3,6-7,13-14,22-26H,4-5,8-12,15-20H2,1-2H3. The largest absolute Gasteiger partial charge is 0.302 e. The van der Waals surface area contributed by atoms with Crippen molar-refractivity contribution in [2.24, 2.45) is 5.92 Å². The van der Waals surface area contributed by atoms with Crippen molar-refractivity contribution < 1.29 is 0 Å². The molecule has 4 rings (SSSR count). The first-order valence-electron chi connectivity index (χ1n) is 12.2. The van der Waals surface area contributed by atoms with Gasteiger partial charge in [0.1, 0.15) is 0 Å². The number of nitrogens with zero attached hydrogens (tertiary/aromatic N) is 1. The second kappa shape index (κ2) is 10.1. The summed E-state index contributed by atoms with van der Waals surface area (Å²) in [7, 11) is 4.85. The van der Waals surface area contributed by atoms with E-state index in [0.29, 0.717) is 6.04 Å². The molecule has 3 saturated carbocycles. The van der Waals surface area contributed by atoms with Crippen molar-refractivity contribution in [2.45, 2.75) is 106 Å². The molecule has 0 heterocycles. The van der Waals surface area contributed by atoms with Gasteiger partial charge < -0.3 is 4.90 Å². The van der Waals surface area contributed by atoms with Gasteiger partial charge in [0.15, 0.2) is 0 Å². The van der Waals surface area contributed by atoms with E-state index in [1.165, 1.54) is 57.8 Å². The van der Waals surface area contributed by atoms with Crippen molar-refractivity contribution in [2.75, 3.05) is 14.1 Å². The minimum absolute atomic E-state index is 0.188. The first-order chi connectivity index (χ1) is 13.8. The molecule has 2 heteroatoms. The van der Waals surface area contributed by atoms with Crippen molar-refractivity contribution in [1.82, 2.24) is 4.90 Å². The summed E-state index contributed by atoms with van der Waals surface area (Å²) in [4.78, 5) is 2.55. The molecule has 0 spiro atoms. The predicted molar refractivity (Wildman–Crippen MR) is 125 cm³/mol. The summed E-state index contributed by atoms with van der Waals surface area (Å²) in [5, 5.41) is 0. The molecule has 28 heavy (non-hydrogen) atoms. The van der Waals surface area contributed by atoms with Crippen LogP contribution in [0.15, 0.2) is 30.3 Å². The maximum Gasteiger partial charge on any atom is 0.0376 e. The minimum atomic E-state index is 0.188. The van der Waals surface area contributed by atoms with Gasteiger partial charge in [0.05, 0.1) is 0 Å². The Kier molecular flexibility index (Phi) is 7.51. The van der Waals surface area contributed by atoms with Crippen LogP contribution in [0.3, 0.4) is 0 Å². The van der Waals surface area contributed by atoms with E-state index in [4.69, 9.17) is 0 Å². The zero-order valence-corrected chi connectivity index (χ0v) is 19.3. The third-order valence-corrected chi connectivity index (χ3v) is 12.1. The van der Waals surface area contributed by atoms with Crippen LogP contribution in [0.4, 0.5) is 0 Å². The number of benzene rings is 1. The lowest BCUT2D eigenvalue weighted by atomic mass is 9.90. The molecule has 1 aromatic carbocycles. The van der Waals surface area contributed by atoms with E-state index in [1.807, 2.05) is 0 Å². The lowest BCUT2D eigenvalue weighted by Gasteiger charge is -2.46. The maximum atomic E-state index is 2.55. The van der Waals surface area contributed by atoms with Crippen molar-refractivity contribution in [3.63, 3.8) is 0 Å². The van der Waals surface area contributed by atoms with Crippen molar-refractivity contribution in [1.29, 1.82) is 0 Å². The Labute approximate surface area is 175 Å². The van der Waals surface area contributed by atoms with Crippen LogP contribution in [0.25, 0.3) is 0 Å². The van der Waals surface area contributed by atoms with Gasteiger partial charge in [0.25, 0.3) is 0 Å². The van der Waals surface area contributed by atoms with Gasteiger partial charge in [-0.1, -0.05) is 83.2 Å². The van der Waals surface area contributed by atoms with E-state index in [0.717, 1.165) is 22.9 Å². The maximum absolute atomic E-state index is 2.55. The molecule has 0 aliphatic heterocycles. The minimum Gasteiger partial charge on any atom is -0.302 e. The summed E-state index contributed by atoms with van der Waals surface area (Å²) in [6.45, 7) is 0. The fourth-order valence-corrected chi connectivity index (χ4v) is 11.7. The highest BCUT2D eigenvalue weighted by molar-refractivity contribution is 7.60. The lowest BCUT2D eigenvalue weighted by Crippen LogP contribution is -2.35. The zero-order chi connectivity index (χ0) is 19.3. The molecule has 156 valence electrons. The van der Waals surface area contributed by atoms with E-state index in [1.54, 1.807) is 31.2 Å². The normalized spacial score (nSPS) is 28.9. The molecular formula is C26H42NP. The molecule has 0 bridgehead atoms. The van der Waals surface area contributed by atoms with Crippen LogP contribution in [0.1, 0.15) is 95.1 Å². The van der Waals surface area contributed by atoms with Gasteiger partial charge in [0.2, 0.25) is 0 Å². The van der Waals surface area contributed by atoms with Crippen LogP contribution in [-0.2, 0) is 0 Å². The first-order valence-corrected chi connectivity index (χ1v) is 13.8. The fourth-order valence-electron chi connectivity index (χ4n) is 6.88. The molecule has 0 radical (unpaired) electrons. The molecule has 3 atom stereocenters. The van der Waals surface area contributed by atoms with Crippen molar-refractivity contribution in [3.8, 4) is 0 Å². The first kappa shape index (κ1) is 20.9. The van der Waals surface area contributed by atoms with Crippen LogP contribution in [0, 0.1) is 5.92 Å². The van der Waals surface area contributed by atoms with Gasteiger partial charge in [-0.05, 0) is 81.1 Å².